The van der Waals surface area contributed by atoms with Crippen molar-refractivity contribution in [3.63, 3.8) is 0 Å². The highest BCUT2D eigenvalue weighted by atomic mass is 15.1. The second kappa shape index (κ2) is 5.31. The highest BCUT2D eigenvalue weighted by Crippen LogP contribution is 2.29. The molecule has 0 unspecified atom stereocenters. The summed E-state index contributed by atoms with van der Waals surface area (Å²) in [6.07, 6.45) is 0. The van der Waals surface area contributed by atoms with Crippen LogP contribution in [0.2, 0.25) is 0 Å². The average Bonchev–Trinajstić information content (AvgIpc) is 2.36. The van der Waals surface area contributed by atoms with E-state index in [0.717, 1.165) is 22.9 Å². The van der Waals surface area contributed by atoms with E-state index in [1.165, 1.54) is 5.69 Å². The third-order valence-electron chi connectivity index (χ3n) is 3.24. The van der Waals surface area contributed by atoms with Crippen LogP contribution in [0.1, 0.15) is 19.4 Å². The van der Waals surface area contributed by atoms with Gasteiger partial charge in [-0.1, -0.05) is 38.1 Å². The Balaban J connectivity index is 2.58. The van der Waals surface area contributed by atoms with E-state index in [1.54, 1.807) is 0 Å². The van der Waals surface area contributed by atoms with Crippen molar-refractivity contribution < 1.29 is 0 Å². The summed E-state index contributed by atoms with van der Waals surface area (Å²) in [4.78, 5) is 2.26. The van der Waals surface area contributed by atoms with Crippen LogP contribution in [0.3, 0.4) is 0 Å². The zero-order chi connectivity index (χ0) is 14.0. The van der Waals surface area contributed by atoms with E-state index in [1.807, 2.05) is 24.3 Å². The van der Waals surface area contributed by atoms with Gasteiger partial charge in [0.15, 0.2) is 0 Å². The fourth-order valence-corrected chi connectivity index (χ4v) is 2.50. The first kappa shape index (κ1) is 13.4. The lowest BCUT2D eigenvalue weighted by molar-refractivity contribution is 0.639. The maximum Gasteiger partial charge on any atom is 0.123 e. The molecular weight excluding hydrogens is 234 g/mol. The molecule has 0 aliphatic heterocycles. The van der Waals surface area contributed by atoms with Crippen molar-refractivity contribution in [3.8, 4) is 0 Å². The molecule has 0 radical (unpaired) electrons. The molecule has 2 aromatic carbocycles. The van der Waals surface area contributed by atoms with Crippen LogP contribution in [0.4, 0.5) is 5.69 Å². The van der Waals surface area contributed by atoms with Gasteiger partial charge in [0.05, 0.1) is 0 Å². The fourth-order valence-electron chi connectivity index (χ4n) is 2.50. The zero-order valence-electron chi connectivity index (χ0n) is 11.8. The van der Waals surface area contributed by atoms with E-state index in [2.05, 4.69) is 37.9 Å². The van der Waals surface area contributed by atoms with E-state index in [9.17, 15) is 0 Å². The van der Waals surface area contributed by atoms with E-state index < -0.39 is 0 Å². The molecule has 0 spiro atoms. The molecule has 0 amide bonds. The topological polar surface area (TPSA) is 53.1 Å². The van der Waals surface area contributed by atoms with Gasteiger partial charge in [0.25, 0.3) is 0 Å². The number of nitrogens with two attached hydrogens (primary N) is 1. The summed E-state index contributed by atoms with van der Waals surface area (Å²) < 4.78 is 0. The minimum absolute atomic E-state index is 0.120. The van der Waals surface area contributed by atoms with Crippen LogP contribution < -0.4 is 10.6 Å². The summed E-state index contributed by atoms with van der Waals surface area (Å²) in [7, 11) is 2.11. The number of rotatable bonds is 4. The molecule has 3 N–H and O–H groups in total. The lowest BCUT2D eigenvalue weighted by Crippen LogP contribution is -2.23. The Morgan fingerprint density at radius 3 is 2.37 bits per heavy atom. The molecule has 3 nitrogen and oxygen atoms in total. The number of hydrogen-bond acceptors (Lipinski definition) is 2. The molecule has 3 heteroatoms. The Morgan fingerprint density at radius 1 is 1.16 bits per heavy atom. The van der Waals surface area contributed by atoms with Crippen molar-refractivity contribution >= 4 is 22.3 Å². The van der Waals surface area contributed by atoms with Gasteiger partial charge in [-0.25, -0.2) is 0 Å². The Bertz CT molecular complexity index is 602. The number of benzene rings is 2. The third kappa shape index (κ3) is 2.70. The van der Waals surface area contributed by atoms with Gasteiger partial charge < -0.3 is 10.6 Å². The number of anilines is 1. The molecule has 0 heterocycles. The minimum Gasteiger partial charge on any atom is -0.384 e. The van der Waals surface area contributed by atoms with Gasteiger partial charge in [-0.2, -0.15) is 0 Å². The molecule has 0 bridgehead atoms. The molecule has 0 atom stereocenters. The lowest BCUT2D eigenvalue weighted by atomic mass is 10.0. The maximum absolute atomic E-state index is 7.67. The molecule has 19 heavy (non-hydrogen) atoms. The third-order valence-corrected chi connectivity index (χ3v) is 3.24. The van der Waals surface area contributed by atoms with Gasteiger partial charge >= 0.3 is 0 Å². The second-order valence-corrected chi connectivity index (χ2v) is 5.37. The highest BCUT2D eigenvalue weighted by Gasteiger charge is 2.11. The lowest BCUT2D eigenvalue weighted by Gasteiger charge is -2.24. The van der Waals surface area contributed by atoms with Gasteiger partial charge in [0.1, 0.15) is 5.84 Å². The standard InChI is InChI=1S/C16H21N3/c1-11(2)10-19(3)15-9-8-14(16(17)18)12-6-4-5-7-13(12)15/h4-9,11H,10H2,1-3H3,(H3,17,18). The number of nitrogen functional groups attached to an aromatic ring is 1. The summed E-state index contributed by atoms with van der Waals surface area (Å²) in [6.45, 7) is 5.43. The van der Waals surface area contributed by atoms with Gasteiger partial charge in [-0.15, -0.1) is 0 Å². The smallest absolute Gasteiger partial charge is 0.123 e. The largest absolute Gasteiger partial charge is 0.384 e. The maximum atomic E-state index is 7.67. The van der Waals surface area contributed by atoms with Crippen molar-refractivity contribution in [1.82, 2.24) is 0 Å². The summed E-state index contributed by atoms with van der Waals surface area (Å²) in [5, 5.41) is 9.87. The number of nitrogens with zero attached hydrogens (tertiary/aromatic N) is 1. The summed E-state index contributed by atoms with van der Waals surface area (Å²) in [5.41, 5.74) is 7.65. The van der Waals surface area contributed by atoms with Crippen LogP contribution in [0.25, 0.3) is 10.8 Å². The monoisotopic (exact) mass is 255 g/mol. The molecule has 2 rings (SSSR count). The fraction of sp³-hybridized carbons (Fsp3) is 0.312. The molecule has 0 saturated heterocycles. The molecule has 0 aliphatic carbocycles. The Kier molecular flexibility index (Phi) is 3.74. The second-order valence-electron chi connectivity index (χ2n) is 5.37. The van der Waals surface area contributed by atoms with E-state index in [0.29, 0.717) is 5.92 Å². The number of fused-ring (bicyclic) bond motifs is 1. The SMILES string of the molecule is CC(C)CN(C)c1ccc(C(=N)N)c2ccccc12. The van der Waals surface area contributed by atoms with E-state index in [-0.39, 0.29) is 5.84 Å². The van der Waals surface area contributed by atoms with Crippen LogP contribution in [0.15, 0.2) is 36.4 Å². The average molecular weight is 255 g/mol. The van der Waals surface area contributed by atoms with Crippen LogP contribution in [0, 0.1) is 11.3 Å². The summed E-state index contributed by atoms with van der Waals surface area (Å²) >= 11 is 0. The molecule has 2 aromatic rings. The van der Waals surface area contributed by atoms with Crippen molar-refractivity contribution in [2.75, 3.05) is 18.5 Å². The van der Waals surface area contributed by atoms with Gasteiger partial charge in [0, 0.05) is 30.2 Å². The van der Waals surface area contributed by atoms with Crippen LogP contribution in [-0.4, -0.2) is 19.4 Å². The van der Waals surface area contributed by atoms with Gasteiger partial charge in [-0.3, -0.25) is 5.41 Å². The van der Waals surface area contributed by atoms with Crippen molar-refractivity contribution in [2.24, 2.45) is 11.7 Å². The van der Waals surface area contributed by atoms with Crippen molar-refractivity contribution in [3.05, 3.63) is 42.0 Å². The summed E-state index contributed by atoms with van der Waals surface area (Å²) in [6, 6.07) is 12.1. The predicted molar refractivity (Wildman–Crippen MR) is 83.1 cm³/mol. The Labute approximate surface area is 114 Å². The van der Waals surface area contributed by atoms with Crippen molar-refractivity contribution in [2.45, 2.75) is 13.8 Å². The quantitative estimate of drug-likeness (QED) is 0.651. The summed E-state index contributed by atoms with van der Waals surface area (Å²) in [5.74, 6) is 0.727. The first-order valence-electron chi connectivity index (χ1n) is 6.58. The molecule has 0 saturated carbocycles. The van der Waals surface area contributed by atoms with Crippen LogP contribution >= 0.6 is 0 Å². The van der Waals surface area contributed by atoms with Gasteiger partial charge in [0.2, 0.25) is 0 Å². The predicted octanol–water partition coefficient (Wildman–Crippen LogP) is 3.22. The molecule has 0 fully saturated rings. The first-order valence-corrected chi connectivity index (χ1v) is 6.58. The molecule has 0 aromatic heterocycles. The first-order chi connectivity index (χ1) is 9.00. The highest BCUT2D eigenvalue weighted by molar-refractivity contribution is 6.10. The van der Waals surface area contributed by atoms with Crippen LogP contribution in [-0.2, 0) is 0 Å². The normalized spacial score (nSPS) is 10.9. The zero-order valence-corrected chi connectivity index (χ0v) is 11.8. The minimum atomic E-state index is 0.120. The van der Waals surface area contributed by atoms with E-state index >= 15 is 0 Å². The van der Waals surface area contributed by atoms with E-state index in [4.69, 9.17) is 11.1 Å². The molecule has 0 aliphatic rings. The Morgan fingerprint density at radius 2 is 1.79 bits per heavy atom. The molecule has 100 valence electrons. The number of nitrogens with one attached hydrogen (secondary N) is 1. The van der Waals surface area contributed by atoms with Gasteiger partial charge in [-0.05, 0) is 23.4 Å². The number of hydrogen-bond donors (Lipinski definition) is 2. The van der Waals surface area contributed by atoms with Crippen LogP contribution in [0.5, 0.6) is 0 Å². The Hall–Kier alpha value is -2.03. The number of amidine groups is 1. The molecular formula is C16H21N3. The van der Waals surface area contributed by atoms with Crippen molar-refractivity contribution in [1.29, 1.82) is 5.41 Å².